The van der Waals surface area contributed by atoms with Crippen LogP contribution in [0.15, 0.2) is 18.2 Å². The molecule has 1 radical (unpaired) electrons. The number of rotatable bonds is 2. The zero-order chi connectivity index (χ0) is 11.5. The Bertz CT molecular complexity index is 388. The van der Waals surface area contributed by atoms with Gasteiger partial charge in [-0.05, 0) is 30.5 Å². The largest absolute Gasteiger partial charge is 0.417 e. The average Bonchev–Trinajstić information content (AvgIpc) is 2.17. The summed E-state index contributed by atoms with van der Waals surface area (Å²) in [6.07, 6.45) is -3.46. The van der Waals surface area contributed by atoms with Gasteiger partial charge in [0.2, 0.25) is 0 Å². The first kappa shape index (κ1) is 11.6. The van der Waals surface area contributed by atoms with E-state index in [-0.39, 0.29) is 5.56 Å². The predicted molar refractivity (Wildman–Crippen MR) is 49.8 cm³/mol. The van der Waals surface area contributed by atoms with E-state index in [1.807, 2.05) is 0 Å². The van der Waals surface area contributed by atoms with Crippen molar-refractivity contribution in [3.8, 4) is 6.07 Å². The molecule has 0 aromatic heterocycles. The van der Waals surface area contributed by atoms with Crippen LogP contribution in [0, 0.1) is 18.3 Å². The Morgan fingerprint density at radius 1 is 1.33 bits per heavy atom. The smallest absolute Gasteiger partial charge is 0.192 e. The Kier molecular flexibility index (Phi) is 3.35. The number of nitriles is 1. The van der Waals surface area contributed by atoms with E-state index in [1.165, 1.54) is 18.2 Å². The molecule has 0 spiro atoms. The predicted octanol–water partition coefficient (Wildman–Crippen LogP) is 3.34. The molecule has 0 amide bonds. The highest BCUT2D eigenvalue weighted by Gasteiger charge is 2.33. The molecule has 1 nitrogen and oxygen atoms in total. The Balaban J connectivity index is 3.21. The van der Waals surface area contributed by atoms with Gasteiger partial charge in [0.1, 0.15) is 0 Å². The van der Waals surface area contributed by atoms with Crippen LogP contribution in [0.5, 0.6) is 0 Å². The summed E-state index contributed by atoms with van der Waals surface area (Å²) < 4.78 is 37.5. The minimum atomic E-state index is -4.47. The van der Waals surface area contributed by atoms with Crippen LogP contribution in [0.25, 0.3) is 0 Å². The second kappa shape index (κ2) is 4.35. The SMILES string of the molecule is [CH2]CCc1ccc(C#N)c(C(F)(F)F)c1. The second-order valence-corrected chi connectivity index (χ2v) is 3.09. The minimum Gasteiger partial charge on any atom is -0.192 e. The third-order valence-electron chi connectivity index (χ3n) is 1.98. The molecule has 0 aliphatic rings. The summed E-state index contributed by atoms with van der Waals surface area (Å²) in [5.41, 5.74) is -0.650. The molecule has 1 aromatic rings. The molecule has 15 heavy (non-hydrogen) atoms. The molecule has 0 fully saturated rings. The molecule has 0 N–H and O–H groups in total. The monoisotopic (exact) mass is 212 g/mol. The maximum absolute atomic E-state index is 12.5. The molecule has 0 aliphatic heterocycles. The molecule has 0 atom stereocenters. The lowest BCUT2D eigenvalue weighted by molar-refractivity contribution is -0.137. The zero-order valence-electron chi connectivity index (χ0n) is 7.93. The van der Waals surface area contributed by atoms with Gasteiger partial charge in [-0.25, -0.2) is 0 Å². The van der Waals surface area contributed by atoms with Gasteiger partial charge in [0.15, 0.2) is 0 Å². The van der Waals surface area contributed by atoms with E-state index < -0.39 is 11.7 Å². The summed E-state index contributed by atoms with van der Waals surface area (Å²) in [7, 11) is 0. The van der Waals surface area contributed by atoms with Gasteiger partial charge >= 0.3 is 6.18 Å². The lowest BCUT2D eigenvalue weighted by atomic mass is 10.0. The number of hydrogen-bond donors (Lipinski definition) is 0. The first-order valence-electron chi connectivity index (χ1n) is 4.38. The van der Waals surface area contributed by atoms with E-state index in [9.17, 15) is 13.2 Å². The van der Waals surface area contributed by atoms with Crippen molar-refractivity contribution < 1.29 is 13.2 Å². The van der Waals surface area contributed by atoms with E-state index >= 15 is 0 Å². The van der Waals surface area contributed by atoms with Gasteiger partial charge in [-0.2, -0.15) is 18.4 Å². The van der Waals surface area contributed by atoms with Crippen molar-refractivity contribution in [1.29, 1.82) is 5.26 Å². The number of nitrogens with zero attached hydrogens (tertiary/aromatic N) is 1. The van der Waals surface area contributed by atoms with Crippen LogP contribution in [0.3, 0.4) is 0 Å². The minimum absolute atomic E-state index is 0.338. The zero-order valence-corrected chi connectivity index (χ0v) is 7.93. The summed E-state index contributed by atoms with van der Waals surface area (Å²) in [6, 6.07) is 5.28. The number of alkyl halides is 3. The number of halogens is 3. The fourth-order valence-electron chi connectivity index (χ4n) is 1.28. The normalized spacial score (nSPS) is 11.1. The van der Waals surface area contributed by atoms with Crippen molar-refractivity contribution in [2.75, 3.05) is 0 Å². The molecule has 0 aliphatic carbocycles. The van der Waals surface area contributed by atoms with Gasteiger partial charge in [0.25, 0.3) is 0 Å². The Labute approximate surface area is 86.1 Å². The topological polar surface area (TPSA) is 23.8 Å². The quantitative estimate of drug-likeness (QED) is 0.737. The summed E-state index contributed by atoms with van der Waals surface area (Å²) in [4.78, 5) is 0. The lowest BCUT2D eigenvalue weighted by Crippen LogP contribution is -2.08. The van der Waals surface area contributed by atoms with Crippen molar-refractivity contribution >= 4 is 0 Å². The fraction of sp³-hybridized carbons (Fsp3) is 0.273. The summed E-state index contributed by atoms with van der Waals surface area (Å²) >= 11 is 0. The number of hydrogen-bond acceptors (Lipinski definition) is 1. The molecule has 0 saturated carbocycles. The van der Waals surface area contributed by atoms with Crippen LogP contribution >= 0.6 is 0 Å². The van der Waals surface area contributed by atoms with Gasteiger partial charge in [-0.3, -0.25) is 0 Å². The van der Waals surface area contributed by atoms with Gasteiger partial charge in [-0.1, -0.05) is 13.0 Å². The number of benzene rings is 1. The molecule has 1 rings (SSSR count). The van der Waals surface area contributed by atoms with E-state index in [0.29, 0.717) is 18.4 Å². The van der Waals surface area contributed by atoms with Crippen molar-refractivity contribution in [2.24, 2.45) is 0 Å². The highest BCUT2D eigenvalue weighted by molar-refractivity contribution is 5.42. The standard InChI is InChI=1S/C11H9F3N/c1-2-3-8-4-5-9(7-15)10(6-8)11(12,13)14/h4-6H,1-3H2. The molecule has 4 heteroatoms. The van der Waals surface area contributed by atoms with Gasteiger partial charge < -0.3 is 0 Å². The van der Waals surface area contributed by atoms with E-state index in [2.05, 4.69) is 6.92 Å². The number of aryl methyl sites for hydroxylation is 1. The van der Waals surface area contributed by atoms with Crippen molar-refractivity contribution in [3.63, 3.8) is 0 Å². The molecule has 0 unspecified atom stereocenters. The van der Waals surface area contributed by atoms with Crippen LogP contribution in [0.2, 0.25) is 0 Å². The highest BCUT2D eigenvalue weighted by atomic mass is 19.4. The third kappa shape index (κ3) is 2.72. The molecular formula is C11H9F3N. The third-order valence-corrected chi connectivity index (χ3v) is 1.98. The van der Waals surface area contributed by atoms with Crippen molar-refractivity contribution in [2.45, 2.75) is 19.0 Å². The van der Waals surface area contributed by atoms with E-state index in [1.54, 1.807) is 0 Å². The molecular weight excluding hydrogens is 203 g/mol. The Hall–Kier alpha value is -1.50. The van der Waals surface area contributed by atoms with Crippen LogP contribution in [-0.4, -0.2) is 0 Å². The van der Waals surface area contributed by atoms with E-state index in [0.717, 1.165) is 6.07 Å². The van der Waals surface area contributed by atoms with Gasteiger partial charge in [0, 0.05) is 0 Å². The molecule has 0 bridgehead atoms. The molecule has 79 valence electrons. The molecule has 0 saturated heterocycles. The maximum Gasteiger partial charge on any atom is 0.417 e. The van der Waals surface area contributed by atoms with Crippen LogP contribution in [-0.2, 0) is 12.6 Å². The average molecular weight is 212 g/mol. The second-order valence-electron chi connectivity index (χ2n) is 3.09. The Morgan fingerprint density at radius 3 is 2.47 bits per heavy atom. The summed E-state index contributed by atoms with van der Waals surface area (Å²) in [5.74, 6) is 0. The van der Waals surface area contributed by atoms with E-state index in [4.69, 9.17) is 5.26 Å². The first-order chi connectivity index (χ1) is 6.99. The first-order valence-corrected chi connectivity index (χ1v) is 4.38. The van der Waals surface area contributed by atoms with Gasteiger partial charge in [-0.15, -0.1) is 0 Å². The lowest BCUT2D eigenvalue weighted by Gasteiger charge is -2.10. The molecule has 0 heterocycles. The Morgan fingerprint density at radius 2 is 2.00 bits per heavy atom. The van der Waals surface area contributed by atoms with Crippen molar-refractivity contribution in [3.05, 3.63) is 41.8 Å². The maximum atomic E-state index is 12.5. The van der Waals surface area contributed by atoms with Crippen LogP contribution in [0.4, 0.5) is 13.2 Å². The van der Waals surface area contributed by atoms with Crippen LogP contribution in [0.1, 0.15) is 23.1 Å². The van der Waals surface area contributed by atoms with Crippen molar-refractivity contribution in [1.82, 2.24) is 0 Å². The highest BCUT2D eigenvalue weighted by Crippen LogP contribution is 2.32. The molecule has 1 aromatic carbocycles. The summed E-state index contributed by atoms with van der Waals surface area (Å²) in [6.45, 7) is 3.57. The van der Waals surface area contributed by atoms with Gasteiger partial charge in [0.05, 0.1) is 17.2 Å². The summed E-state index contributed by atoms with van der Waals surface area (Å²) in [5, 5.41) is 8.54. The fourth-order valence-corrected chi connectivity index (χ4v) is 1.28. The van der Waals surface area contributed by atoms with Crippen LogP contribution < -0.4 is 0 Å².